The Hall–Kier alpha value is -2.74. The van der Waals surface area contributed by atoms with Gasteiger partial charge < -0.3 is 10.1 Å². The lowest BCUT2D eigenvalue weighted by Crippen LogP contribution is -2.16. The number of hydrogen-bond donors (Lipinski definition) is 1. The Labute approximate surface area is 150 Å². The van der Waals surface area contributed by atoms with Crippen LogP contribution in [-0.4, -0.2) is 38.3 Å². The summed E-state index contributed by atoms with van der Waals surface area (Å²) in [6.07, 6.45) is 4.60. The average molecular weight is 357 g/mol. The van der Waals surface area contributed by atoms with Crippen LogP contribution < -0.4 is 10.1 Å². The third kappa shape index (κ3) is 4.03. The van der Waals surface area contributed by atoms with Crippen molar-refractivity contribution in [3.8, 4) is 5.75 Å². The van der Waals surface area contributed by atoms with Crippen LogP contribution in [0.4, 0.5) is 5.69 Å². The highest BCUT2D eigenvalue weighted by Crippen LogP contribution is 2.19. The lowest BCUT2D eigenvalue weighted by atomic mass is 10.3. The summed E-state index contributed by atoms with van der Waals surface area (Å²) in [5, 5.41) is 11.9. The first-order chi connectivity index (χ1) is 12.2. The normalized spacial score (nSPS) is 10.6. The molecule has 130 valence electrons. The summed E-state index contributed by atoms with van der Waals surface area (Å²) in [5.41, 5.74) is 0.729. The number of hydrogen-bond acceptors (Lipinski definition) is 5. The summed E-state index contributed by atoms with van der Waals surface area (Å²) < 4.78 is 8.92. The Morgan fingerprint density at radius 1 is 1.20 bits per heavy atom. The highest BCUT2D eigenvalue weighted by Gasteiger charge is 2.14. The van der Waals surface area contributed by atoms with Crippen molar-refractivity contribution >= 4 is 23.4 Å². The largest absolute Gasteiger partial charge is 0.497 e. The second-order valence-corrected chi connectivity index (χ2v) is 6.14. The number of benzene rings is 1. The molecule has 0 saturated heterocycles. The SMILES string of the molecule is CCc1nnc(SCC(=O)Nc2ccc(OC)cc2)n1-n1cccc1. The van der Waals surface area contributed by atoms with Crippen LogP contribution in [0.2, 0.25) is 0 Å². The van der Waals surface area contributed by atoms with Gasteiger partial charge in [0, 0.05) is 24.5 Å². The van der Waals surface area contributed by atoms with E-state index in [9.17, 15) is 4.79 Å². The summed E-state index contributed by atoms with van der Waals surface area (Å²) in [4.78, 5) is 12.2. The zero-order valence-electron chi connectivity index (χ0n) is 14.0. The number of anilines is 1. The molecular weight excluding hydrogens is 338 g/mol. The fraction of sp³-hybridized carbons (Fsp3) is 0.235. The van der Waals surface area contributed by atoms with Gasteiger partial charge in [-0.3, -0.25) is 9.47 Å². The quantitative estimate of drug-likeness (QED) is 0.658. The third-order valence-electron chi connectivity index (χ3n) is 3.52. The first kappa shape index (κ1) is 17.1. The van der Waals surface area contributed by atoms with Crippen molar-refractivity contribution in [1.82, 2.24) is 19.5 Å². The van der Waals surface area contributed by atoms with Crippen LogP contribution in [0.15, 0.2) is 53.9 Å². The van der Waals surface area contributed by atoms with E-state index >= 15 is 0 Å². The smallest absolute Gasteiger partial charge is 0.234 e. The number of nitrogens with zero attached hydrogens (tertiary/aromatic N) is 4. The summed E-state index contributed by atoms with van der Waals surface area (Å²) in [5.74, 6) is 1.73. The molecule has 1 N–H and O–H groups in total. The van der Waals surface area contributed by atoms with Crippen LogP contribution in [0.25, 0.3) is 0 Å². The van der Waals surface area contributed by atoms with Crippen LogP contribution in [0.3, 0.4) is 0 Å². The van der Waals surface area contributed by atoms with E-state index in [2.05, 4.69) is 15.5 Å². The molecule has 0 unspecified atom stereocenters. The molecule has 25 heavy (non-hydrogen) atoms. The number of methoxy groups -OCH3 is 1. The van der Waals surface area contributed by atoms with Gasteiger partial charge in [-0.2, -0.15) is 0 Å². The molecule has 0 atom stereocenters. The van der Waals surface area contributed by atoms with Gasteiger partial charge in [-0.25, -0.2) is 4.68 Å². The van der Waals surface area contributed by atoms with E-state index in [4.69, 9.17) is 4.74 Å². The van der Waals surface area contributed by atoms with Gasteiger partial charge in [0.15, 0.2) is 5.82 Å². The molecule has 3 aromatic rings. The molecule has 0 aliphatic rings. The van der Waals surface area contributed by atoms with Crippen molar-refractivity contribution in [3.63, 3.8) is 0 Å². The van der Waals surface area contributed by atoms with Crippen LogP contribution in [0.1, 0.15) is 12.7 Å². The minimum Gasteiger partial charge on any atom is -0.497 e. The number of nitrogens with one attached hydrogen (secondary N) is 1. The molecule has 8 heteroatoms. The monoisotopic (exact) mass is 357 g/mol. The van der Waals surface area contributed by atoms with Gasteiger partial charge in [0.2, 0.25) is 11.1 Å². The molecule has 0 bridgehead atoms. The van der Waals surface area contributed by atoms with E-state index in [0.717, 1.165) is 23.7 Å². The molecule has 0 radical (unpaired) electrons. The molecule has 0 fully saturated rings. The molecule has 0 aliphatic carbocycles. The zero-order chi connectivity index (χ0) is 17.6. The topological polar surface area (TPSA) is 74.0 Å². The predicted octanol–water partition coefficient (Wildman–Crippen LogP) is 2.69. The van der Waals surface area contributed by atoms with E-state index in [0.29, 0.717) is 5.16 Å². The first-order valence-corrected chi connectivity index (χ1v) is 8.84. The zero-order valence-corrected chi connectivity index (χ0v) is 14.9. The van der Waals surface area contributed by atoms with Crippen molar-refractivity contribution < 1.29 is 9.53 Å². The van der Waals surface area contributed by atoms with E-state index < -0.39 is 0 Å². The number of rotatable bonds is 7. The van der Waals surface area contributed by atoms with Crippen LogP contribution in [-0.2, 0) is 11.2 Å². The molecule has 7 nitrogen and oxygen atoms in total. The van der Waals surface area contributed by atoms with Gasteiger partial charge in [0.1, 0.15) is 5.75 Å². The third-order valence-corrected chi connectivity index (χ3v) is 4.44. The molecule has 0 aliphatic heterocycles. The number of thioether (sulfide) groups is 1. The lowest BCUT2D eigenvalue weighted by molar-refractivity contribution is -0.113. The number of carbonyl (C=O) groups excluding carboxylic acids is 1. The van der Waals surface area contributed by atoms with Crippen molar-refractivity contribution in [1.29, 1.82) is 0 Å². The maximum absolute atomic E-state index is 12.2. The Morgan fingerprint density at radius 3 is 2.56 bits per heavy atom. The Kier molecular flexibility index (Phi) is 5.39. The number of aromatic nitrogens is 4. The Bertz CT molecular complexity index is 827. The van der Waals surface area contributed by atoms with E-state index in [1.165, 1.54) is 11.8 Å². The summed E-state index contributed by atoms with van der Waals surface area (Å²) in [6.45, 7) is 2.02. The first-order valence-electron chi connectivity index (χ1n) is 7.86. The summed E-state index contributed by atoms with van der Waals surface area (Å²) in [6, 6.07) is 11.1. The molecule has 2 heterocycles. The second-order valence-electron chi connectivity index (χ2n) is 5.19. The van der Waals surface area contributed by atoms with Crippen molar-refractivity contribution in [3.05, 3.63) is 54.6 Å². The van der Waals surface area contributed by atoms with Crippen molar-refractivity contribution in [2.75, 3.05) is 18.2 Å². The fourth-order valence-corrected chi connectivity index (χ4v) is 3.05. The van der Waals surface area contributed by atoms with Crippen molar-refractivity contribution in [2.45, 2.75) is 18.5 Å². The minimum absolute atomic E-state index is 0.102. The summed E-state index contributed by atoms with van der Waals surface area (Å²) >= 11 is 1.35. The number of amides is 1. The Morgan fingerprint density at radius 2 is 1.92 bits per heavy atom. The minimum atomic E-state index is -0.102. The summed E-state index contributed by atoms with van der Waals surface area (Å²) in [7, 11) is 1.61. The number of aryl methyl sites for hydroxylation is 1. The van der Waals surface area contributed by atoms with Crippen molar-refractivity contribution in [2.24, 2.45) is 0 Å². The second kappa shape index (κ2) is 7.89. The predicted molar refractivity (Wildman–Crippen MR) is 97.0 cm³/mol. The molecular formula is C17H19N5O2S. The highest BCUT2D eigenvalue weighted by molar-refractivity contribution is 7.99. The van der Waals surface area contributed by atoms with Crippen LogP contribution >= 0.6 is 11.8 Å². The fourth-order valence-electron chi connectivity index (χ4n) is 2.30. The standard InChI is InChI=1S/C17H19N5O2S/c1-3-15-19-20-17(22(15)21-10-4-5-11-21)25-12-16(23)18-13-6-8-14(24-2)9-7-13/h4-11H,3,12H2,1-2H3,(H,18,23). The van der Waals surface area contributed by atoms with Gasteiger partial charge in [-0.15, -0.1) is 10.2 Å². The highest BCUT2D eigenvalue weighted by atomic mass is 32.2. The molecule has 1 amide bonds. The number of ether oxygens (including phenoxy) is 1. The maximum Gasteiger partial charge on any atom is 0.234 e. The van der Waals surface area contributed by atoms with Gasteiger partial charge in [-0.05, 0) is 36.4 Å². The molecule has 3 rings (SSSR count). The van der Waals surface area contributed by atoms with Gasteiger partial charge in [0.05, 0.1) is 12.9 Å². The van der Waals surface area contributed by atoms with Gasteiger partial charge in [0.25, 0.3) is 0 Å². The molecule has 0 spiro atoms. The Balaban J connectivity index is 1.65. The van der Waals surface area contributed by atoms with Crippen LogP contribution in [0.5, 0.6) is 5.75 Å². The van der Waals surface area contributed by atoms with Gasteiger partial charge in [-0.1, -0.05) is 18.7 Å². The van der Waals surface area contributed by atoms with Crippen LogP contribution in [0, 0.1) is 0 Å². The van der Waals surface area contributed by atoms with E-state index in [1.54, 1.807) is 31.4 Å². The molecule has 1 aromatic carbocycles. The maximum atomic E-state index is 12.2. The van der Waals surface area contributed by atoms with E-state index in [1.807, 2.05) is 40.8 Å². The number of carbonyl (C=O) groups is 1. The van der Waals surface area contributed by atoms with E-state index in [-0.39, 0.29) is 11.7 Å². The average Bonchev–Trinajstić information content (AvgIpc) is 3.29. The molecule has 2 aromatic heterocycles. The van der Waals surface area contributed by atoms with Gasteiger partial charge >= 0.3 is 0 Å². The molecule has 0 saturated carbocycles. The lowest BCUT2D eigenvalue weighted by Gasteiger charge is -2.10.